The standard InChI is InChI=1S/C14H15F2NO2S/c15-10-4-11(16)6-12(5-10)17-7-13(18)8-19-9-14-2-1-3-20-14/h1-6,13,17-18H,7-9H2. The number of halogens is 2. The van der Waals surface area contributed by atoms with Gasteiger partial charge in [-0.2, -0.15) is 0 Å². The fourth-order valence-corrected chi connectivity index (χ4v) is 2.28. The van der Waals surface area contributed by atoms with Gasteiger partial charge in [-0.15, -0.1) is 11.3 Å². The third-order valence-corrected chi connectivity index (χ3v) is 3.39. The third-order valence-electron chi connectivity index (χ3n) is 2.54. The van der Waals surface area contributed by atoms with Gasteiger partial charge in [-0.3, -0.25) is 0 Å². The number of benzene rings is 1. The van der Waals surface area contributed by atoms with Crippen LogP contribution in [0.4, 0.5) is 14.5 Å². The van der Waals surface area contributed by atoms with E-state index in [2.05, 4.69) is 5.32 Å². The maximum atomic E-state index is 12.9. The lowest BCUT2D eigenvalue weighted by Gasteiger charge is -2.13. The second-order valence-electron chi connectivity index (χ2n) is 4.29. The summed E-state index contributed by atoms with van der Waals surface area (Å²) in [6.07, 6.45) is -0.749. The van der Waals surface area contributed by atoms with Crippen LogP contribution >= 0.6 is 11.3 Å². The second-order valence-corrected chi connectivity index (χ2v) is 5.32. The minimum absolute atomic E-state index is 0.155. The number of thiophene rings is 1. The van der Waals surface area contributed by atoms with Crippen LogP contribution in [0.1, 0.15) is 4.88 Å². The molecule has 1 heterocycles. The van der Waals surface area contributed by atoms with E-state index >= 15 is 0 Å². The molecule has 6 heteroatoms. The molecule has 0 saturated heterocycles. The maximum absolute atomic E-state index is 12.9. The lowest BCUT2D eigenvalue weighted by Crippen LogP contribution is -2.24. The summed E-state index contributed by atoms with van der Waals surface area (Å²) in [4.78, 5) is 1.08. The molecule has 20 heavy (non-hydrogen) atoms. The van der Waals surface area contributed by atoms with E-state index in [1.165, 1.54) is 12.1 Å². The zero-order chi connectivity index (χ0) is 14.4. The lowest BCUT2D eigenvalue weighted by molar-refractivity contribution is 0.0359. The van der Waals surface area contributed by atoms with Crippen LogP contribution in [-0.4, -0.2) is 24.4 Å². The average molecular weight is 299 g/mol. The van der Waals surface area contributed by atoms with Crippen molar-refractivity contribution in [2.45, 2.75) is 12.7 Å². The Morgan fingerprint density at radius 2 is 2.00 bits per heavy atom. The van der Waals surface area contributed by atoms with Gasteiger partial charge in [-0.05, 0) is 23.6 Å². The largest absolute Gasteiger partial charge is 0.389 e. The Labute approximate surface area is 119 Å². The number of hydrogen-bond donors (Lipinski definition) is 2. The molecule has 1 aromatic carbocycles. The van der Waals surface area contributed by atoms with Gasteiger partial charge in [0.25, 0.3) is 0 Å². The highest BCUT2D eigenvalue weighted by atomic mass is 32.1. The van der Waals surface area contributed by atoms with Gasteiger partial charge in [0.15, 0.2) is 0 Å². The Bertz CT molecular complexity index is 514. The van der Waals surface area contributed by atoms with E-state index in [0.29, 0.717) is 12.3 Å². The van der Waals surface area contributed by atoms with Gasteiger partial charge in [0.1, 0.15) is 11.6 Å². The molecule has 0 spiro atoms. The number of nitrogens with one attached hydrogen (secondary N) is 1. The van der Waals surface area contributed by atoms with Gasteiger partial charge < -0.3 is 15.2 Å². The normalized spacial score (nSPS) is 12.3. The molecular formula is C14H15F2NO2S. The molecule has 0 radical (unpaired) electrons. The maximum Gasteiger partial charge on any atom is 0.128 e. The van der Waals surface area contributed by atoms with Crippen LogP contribution in [0.15, 0.2) is 35.7 Å². The predicted molar refractivity (Wildman–Crippen MR) is 74.8 cm³/mol. The van der Waals surface area contributed by atoms with Crippen molar-refractivity contribution in [3.05, 3.63) is 52.2 Å². The molecule has 2 rings (SSSR count). The van der Waals surface area contributed by atoms with Crippen LogP contribution in [0.2, 0.25) is 0 Å². The molecular weight excluding hydrogens is 284 g/mol. The quantitative estimate of drug-likeness (QED) is 0.826. The van der Waals surface area contributed by atoms with E-state index in [1.807, 2.05) is 17.5 Å². The first-order valence-corrected chi connectivity index (χ1v) is 6.99. The number of ether oxygens (including phenoxy) is 1. The Balaban J connectivity index is 1.70. The van der Waals surface area contributed by atoms with Gasteiger partial charge in [-0.25, -0.2) is 8.78 Å². The van der Waals surface area contributed by atoms with E-state index in [1.54, 1.807) is 11.3 Å². The number of hydrogen-bond acceptors (Lipinski definition) is 4. The van der Waals surface area contributed by atoms with Gasteiger partial charge in [0, 0.05) is 23.2 Å². The van der Waals surface area contributed by atoms with Crippen LogP contribution in [0, 0.1) is 11.6 Å². The first-order chi connectivity index (χ1) is 9.63. The molecule has 0 bridgehead atoms. The number of aliphatic hydroxyl groups excluding tert-OH is 1. The van der Waals surface area contributed by atoms with Crippen LogP contribution in [0.3, 0.4) is 0 Å². The molecule has 0 fully saturated rings. The number of rotatable bonds is 7. The number of aliphatic hydroxyl groups is 1. The van der Waals surface area contributed by atoms with Crippen LogP contribution in [-0.2, 0) is 11.3 Å². The molecule has 0 aliphatic carbocycles. The summed E-state index contributed by atoms with van der Waals surface area (Å²) in [5.74, 6) is -1.31. The van der Waals surface area contributed by atoms with Gasteiger partial charge >= 0.3 is 0 Å². The number of anilines is 1. The van der Waals surface area contributed by atoms with Crippen molar-refractivity contribution in [3.8, 4) is 0 Å². The van der Waals surface area contributed by atoms with E-state index in [4.69, 9.17) is 4.74 Å². The molecule has 2 N–H and O–H groups in total. The van der Waals surface area contributed by atoms with Crippen LogP contribution in [0.25, 0.3) is 0 Å². The fourth-order valence-electron chi connectivity index (χ4n) is 1.64. The summed E-state index contributed by atoms with van der Waals surface area (Å²) in [5.41, 5.74) is 0.291. The lowest BCUT2D eigenvalue weighted by atomic mass is 10.3. The van der Waals surface area contributed by atoms with Crippen molar-refractivity contribution in [3.63, 3.8) is 0 Å². The van der Waals surface area contributed by atoms with Crippen molar-refractivity contribution in [2.24, 2.45) is 0 Å². The molecule has 0 aliphatic heterocycles. The zero-order valence-corrected chi connectivity index (χ0v) is 11.5. The fraction of sp³-hybridized carbons (Fsp3) is 0.286. The van der Waals surface area contributed by atoms with Gasteiger partial charge in [-0.1, -0.05) is 6.07 Å². The highest BCUT2D eigenvalue weighted by Crippen LogP contribution is 2.13. The van der Waals surface area contributed by atoms with E-state index < -0.39 is 17.7 Å². The molecule has 3 nitrogen and oxygen atoms in total. The summed E-state index contributed by atoms with van der Waals surface area (Å²) in [6.45, 7) is 0.763. The smallest absolute Gasteiger partial charge is 0.128 e. The molecule has 1 aromatic heterocycles. The summed E-state index contributed by atoms with van der Waals surface area (Å²) >= 11 is 1.58. The summed E-state index contributed by atoms with van der Waals surface area (Å²) < 4.78 is 31.2. The van der Waals surface area contributed by atoms with Crippen molar-refractivity contribution < 1.29 is 18.6 Å². The Morgan fingerprint density at radius 1 is 1.25 bits per heavy atom. The molecule has 0 amide bonds. The SMILES string of the molecule is OC(CNc1cc(F)cc(F)c1)COCc1cccs1. The average Bonchev–Trinajstić information content (AvgIpc) is 2.88. The highest BCUT2D eigenvalue weighted by Gasteiger charge is 2.06. The molecule has 108 valence electrons. The topological polar surface area (TPSA) is 41.5 Å². The molecule has 1 unspecified atom stereocenters. The molecule has 0 saturated carbocycles. The van der Waals surface area contributed by atoms with Crippen molar-refractivity contribution in [1.82, 2.24) is 0 Å². The van der Waals surface area contributed by atoms with Crippen molar-refractivity contribution in [1.29, 1.82) is 0 Å². The van der Waals surface area contributed by atoms with E-state index in [9.17, 15) is 13.9 Å². The van der Waals surface area contributed by atoms with Crippen LogP contribution < -0.4 is 5.32 Å². The summed E-state index contributed by atoms with van der Waals surface area (Å²) in [5, 5.41) is 14.4. The van der Waals surface area contributed by atoms with Crippen LogP contribution in [0.5, 0.6) is 0 Å². The summed E-state index contributed by atoms with van der Waals surface area (Å²) in [6, 6.07) is 7.01. The minimum Gasteiger partial charge on any atom is -0.389 e. The Kier molecular flexibility index (Phi) is 5.46. The van der Waals surface area contributed by atoms with Crippen molar-refractivity contribution in [2.75, 3.05) is 18.5 Å². The Morgan fingerprint density at radius 3 is 2.65 bits per heavy atom. The van der Waals surface area contributed by atoms with E-state index in [0.717, 1.165) is 10.9 Å². The Hall–Kier alpha value is -1.50. The first kappa shape index (κ1) is 14.9. The van der Waals surface area contributed by atoms with Gasteiger partial charge in [0.05, 0.1) is 19.3 Å². The molecule has 0 aliphatic rings. The monoisotopic (exact) mass is 299 g/mol. The zero-order valence-electron chi connectivity index (χ0n) is 10.7. The van der Waals surface area contributed by atoms with E-state index in [-0.39, 0.29) is 13.2 Å². The predicted octanol–water partition coefficient (Wildman–Crippen LogP) is 3.02. The highest BCUT2D eigenvalue weighted by molar-refractivity contribution is 7.09. The molecule has 1 atom stereocenters. The van der Waals surface area contributed by atoms with Crippen molar-refractivity contribution >= 4 is 17.0 Å². The summed E-state index contributed by atoms with van der Waals surface area (Å²) in [7, 11) is 0. The minimum atomic E-state index is -0.749. The molecule has 2 aromatic rings. The second kappa shape index (κ2) is 7.33. The first-order valence-electron chi connectivity index (χ1n) is 6.11. The van der Waals surface area contributed by atoms with Gasteiger partial charge in [0.2, 0.25) is 0 Å². The third kappa shape index (κ3) is 4.88.